The minimum atomic E-state index is -0.0863. The fourth-order valence-electron chi connectivity index (χ4n) is 2.07. The Bertz CT molecular complexity index is 491. The van der Waals surface area contributed by atoms with E-state index in [0.717, 1.165) is 16.0 Å². The molecule has 0 fully saturated rings. The lowest BCUT2D eigenvalue weighted by molar-refractivity contribution is 0.0978. The first-order valence-electron chi connectivity index (χ1n) is 6.21. The molecule has 1 N–H and O–H groups in total. The smallest absolute Gasteiger partial charge is 0.257 e. The highest BCUT2D eigenvalue weighted by atomic mass is 127. The van der Waals surface area contributed by atoms with Gasteiger partial charge in [0.15, 0.2) is 5.17 Å². The van der Waals surface area contributed by atoms with Crippen molar-refractivity contribution in [2.75, 3.05) is 4.43 Å². The van der Waals surface area contributed by atoms with Crippen LogP contribution in [0.3, 0.4) is 0 Å². The van der Waals surface area contributed by atoms with Gasteiger partial charge in [-0.3, -0.25) is 9.79 Å². The number of thioether (sulfide) groups is 1. The minimum absolute atomic E-state index is 0.0863. The maximum Gasteiger partial charge on any atom is 0.257 e. The molecule has 0 spiro atoms. The molecule has 1 aromatic rings. The minimum Gasteiger partial charge on any atom is -0.301 e. The van der Waals surface area contributed by atoms with Crippen molar-refractivity contribution in [3.05, 3.63) is 35.9 Å². The summed E-state index contributed by atoms with van der Waals surface area (Å²) in [6.45, 7) is 4.32. The number of hydrogen-bond acceptors (Lipinski definition) is 3. The lowest BCUT2D eigenvalue weighted by Gasteiger charge is -2.33. The molecule has 1 aliphatic rings. The fraction of sp³-hybridized carbons (Fsp3) is 0.429. The number of benzene rings is 1. The van der Waals surface area contributed by atoms with E-state index in [1.807, 2.05) is 30.3 Å². The van der Waals surface area contributed by atoms with Gasteiger partial charge < -0.3 is 5.32 Å². The van der Waals surface area contributed by atoms with Gasteiger partial charge in [0.2, 0.25) is 0 Å². The predicted octanol–water partition coefficient (Wildman–Crippen LogP) is 3.49. The molecule has 0 saturated heterocycles. The number of alkyl halides is 1. The van der Waals surface area contributed by atoms with Crippen molar-refractivity contribution < 1.29 is 4.79 Å². The number of hydrogen-bond donors (Lipinski definition) is 1. The van der Waals surface area contributed by atoms with E-state index in [9.17, 15) is 4.79 Å². The quantitative estimate of drug-likeness (QED) is 0.623. The largest absolute Gasteiger partial charge is 0.301 e. The van der Waals surface area contributed by atoms with Gasteiger partial charge in [0.05, 0.1) is 6.04 Å². The van der Waals surface area contributed by atoms with Gasteiger partial charge in [-0.05, 0) is 32.4 Å². The first kappa shape index (κ1) is 14.8. The highest BCUT2D eigenvalue weighted by Gasteiger charge is 2.33. The lowest BCUT2D eigenvalue weighted by atomic mass is 10.0. The number of nitrogens with zero attached hydrogens (tertiary/aromatic N) is 1. The standard InChI is InChI=1S/C14H17IN2OS/c1-10-8-14(2,9-15)19-13(16-10)17-12(18)11-6-4-3-5-7-11/h3-7,10H,8-9H2,1-2H3,(H,16,17,18)/t10-,14?/m0/s1. The second-order valence-electron chi connectivity index (χ2n) is 4.99. The molecular weight excluding hydrogens is 371 g/mol. The molecule has 0 bridgehead atoms. The Balaban J connectivity index is 2.09. The molecule has 0 aliphatic carbocycles. The zero-order valence-corrected chi connectivity index (χ0v) is 14.0. The second kappa shape index (κ2) is 6.26. The summed E-state index contributed by atoms with van der Waals surface area (Å²) in [5.41, 5.74) is 0.667. The number of halogens is 1. The van der Waals surface area contributed by atoms with Gasteiger partial charge in [0.1, 0.15) is 0 Å². The van der Waals surface area contributed by atoms with Crippen LogP contribution in [0.15, 0.2) is 35.3 Å². The number of aliphatic imine (C=N–C) groups is 1. The van der Waals surface area contributed by atoms with Crippen LogP contribution < -0.4 is 5.32 Å². The van der Waals surface area contributed by atoms with Gasteiger partial charge in [-0.15, -0.1) is 0 Å². The van der Waals surface area contributed by atoms with E-state index in [1.165, 1.54) is 0 Å². The Morgan fingerprint density at radius 2 is 2.21 bits per heavy atom. The molecule has 5 heteroatoms. The third-order valence-electron chi connectivity index (χ3n) is 2.95. The molecule has 1 heterocycles. The van der Waals surface area contributed by atoms with Crippen LogP contribution in [0, 0.1) is 0 Å². The van der Waals surface area contributed by atoms with Crippen molar-refractivity contribution in [2.24, 2.45) is 4.99 Å². The van der Waals surface area contributed by atoms with Crippen molar-refractivity contribution in [3.63, 3.8) is 0 Å². The van der Waals surface area contributed by atoms with E-state index >= 15 is 0 Å². The van der Waals surface area contributed by atoms with Crippen LogP contribution in [0.25, 0.3) is 0 Å². The Morgan fingerprint density at radius 3 is 2.84 bits per heavy atom. The van der Waals surface area contributed by atoms with Gasteiger partial charge in [-0.25, -0.2) is 0 Å². The SMILES string of the molecule is C[C@H]1CC(C)(CI)SC(NC(=O)c2ccccc2)=N1. The summed E-state index contributed by atoms with van der Waals surface area (Å²) in [4.78, 5) is 16.6. The summed E-state index contributed by atoms with van der Waals surface area (Å²) in [5.74, 6) is -0.0863. The monoisotopic (exact) mass is 388 g/mol. The zero-order valence-electron chi connectivity index (χ0n) is 11.0. The molecule has 0 radical (unpaired) electrons. The van der Waals surface area contributed by atoms with E-state index in [1.54, 1.807) is 11.8 Å². The van der Waals surface area contributed by atoms with E-state index in [-0.39, 0.29) is 16.7 Å². The maximum absolute atomic E-state index is 12.1. The molecular formula is C14H17IN2OS. The van der Waals surface area contributed by atoms with Crippen molar-refractivity contribution >= 4 is 45.4 Å². The average molecular weight is 388 g/mol. The topological polar surface area (TPSA) is 41.5 Å². The van der Waals surface area contributed by atoms with Crippen LogP contribution in [0.5, 0.6) is 0 Å². The molecule has 3 nitrogen and oxygen atoms in total. The van der Waals surface area contributed by atoms with Gasteiger partial charge in [0.25, 0.3) is 5.91 Å². The van der Waals surface area contributed by atoms with E-state index in [4.69, 9.17) is 0 Å². The summed E-state index contributed by atoms with van der Waals surface area (Å²) in [7, 11) is 0. The normalized spacial score (nSPS) is 26.7. The Kier molecular flexibility index (Phi) is 4.89. The second-order valence-corrected chi connectivity index (χ2v) is 7.33. The summed E-state index contributed by atoms with van der Waals surface area (Å²) in [5, 5.41) is 3.67. The van der Waals surface area contributed by atoms with Crippen molar-refractivity contribution in [1.29, 1.82) is 0 Å². The van der Waals surface area contributed by atoms with Crippen LogP contribution in [0.2, 0.25) is 0 Å². The highest BCUT2D eigenvalue weighted by Crippen LogP contribution is 2.37. The van der Waals surface area contributed by atoms with E-state index in [0.29, 0.717) is 5.56 Å². The molecule has 19 heavy (non-hydrogen) atoms. The number of rotatable bonds is 2. The maximum atomic E-state index is 12.1. The van der Waals surface area contributed by atoms with Gasteiger partial charge in [-0.2, -0.15) is 0 Å². The molecule has 1 amide bonds. The van der Waals surface area contributed by atoms with Crippen molar-refractivity contribution in [3.8, 4) is 0 Å². The van der Waals surface area contributed by atoms with E-state index < -0.39 is 0 Å². The van der Waals surface area contributed by atoms with Crippen LogP contribution >= 0.6 is 34.4 Å². The lowest BCUT2D eigenvalue weighted by Crippen LogP contribution is -2.39. The summed E-state index contributed by atoms with van der Waals surface area (Å²) in [6, 6.07) is 9.50. The zero-order chi connectivity index (χ0) is 13.9. The number of nitrogens with one attached hydrogen (secondary N) is 1. The summed E-state index contributed by atoms with van der Waals surface area (Å²) >= 11 is 4.07. The third kappa shape index (κ3) is 3.95. The molecule has 1 aromatic carbocycles. The van der Waals surface area contributed by atoms with Crippen LogP contribution in [-0.2, 0) is 0 Å². The molecule has 102 valence electrons. The molecule has 1 unspecified atom stereocenters. The average Bonchev–Trinajstić information content (AvgIpc) is 2.38. The first-order valence-corrected chi connectivity index (χ1v) is 8.56. The summed E-state index contributed by atoms with van der Waals surface area (Å²) in [6.07, 6.45) is 1.05. The number of carbonyl (C=O) groups excluding carboxylic acids is 1. The van der Waals surface area contributed by atoms with Gasteiger partial charge in [0, 0.05) is 14.7 Å². The molecule has 0 saturated carbocycles. The first-order chi connectivity index (χ1) is 9.02. The predicted molar refractivity (Wildman–Crippen MR) is 90.3 cm³/mol. The molecule has 0 aromatic heterocycles. The number of amides is 1. The molecule has 2 rings (SSSR count). The van der Waals surface area contributed by atoms with Crippen LogP contribution in [0.4, 0.5) is 0 Å². The van der Waals surface area contributed by atoms with Gasteiger partial charge in [-0.1, -0.05) is 52.6 Å². The fourth-order valence-corrected chi connectivity index (χ4v) is 4.07. The molecule has 2 atom stereocenters. The number of carbonyl (C=O) groups is 1. The van der Waals surface area contributed by atoms with Crippen LogP contribution in [0.1, 0.15) is 30.6 Å². The van der Waals surface area contributed by atoms with E-state index in [2.05, 4.69) is 46.7 Å². The Morgan fingerprint density at radius 1 is 1.53 bits per heavy atom. The number of amidine groups is 1. The Hall–Kier alpha value is -0.560. The van der Waals surface area contributed by atoms with Crippen LogP contribution in [-0.4, -0.2) is 26.3 Å². The van der Waals surface area contributed by atoms with Crippen molar-refractivity contribution in [1.82, 2.24) is 5.32 Å². The van der Waals surface area contributed by atoms with Gasteiger partial charge >= 0.3 is 0 Å². The molecule has 1 aliphatic heterocycles. The van der Waals surface area contributed by atoms with Crippen molar-refractivity contribution in [2.45, 2.75) is 31.1 Å². The summed E-state index contributed by atoms with van der Waals surface area (Å²) < 4.78 is 1.20. The Labute approximate surface area is 131 Å². The highest BCUT2D eigenvalue weighted by molar-refractivity contribution is 14.1. The third-order valence-corrected chi connectivity index (χ3v) is 6.35.